The third kappa shape index (κ3) is 6.56. The van der Waals surface area contributed by atoms with Crippen LogP contribution >= 0.6 is 0 Å². The van der Waals surface area contributed by atoms with Crippen LogP contribution in [0, 0.1) is 6.92 Å². The van der Waals surface area contributed by atoms with Crippen molar-refractivity contribution in [2.75, 3.05) is 6.61 Å². The minimum Gasteiger partial charge on any atom is -0.494 e. The van der Waals surface area contributed by atoms with E-state index < -0.39 is 11.6 Å². The Bertz CT molecular complexity index is 1390. The highest BCUT2D eigenvalue weighted by molar-refractivity contribution is 5.89. The molecule has 3 aromatic carbocycles. The predicted octanol–water partition coefficient (Wildman–Crippen LogP) is 4.82. The number of fused-ring (bicyclic) bond motifs is 1. The minimum atomic E-state index is -0.867. The summed E-state index contributed by atoms with van der Waals surface area (Å²) < 4.78 is 7.19. The molecule has 0 saturated heterocycles. The summed E-state index contributed by atoms with van der Waals surface area (Å²) in [6.45, 7) is 10.4. The van der Waals surface area contributed by atoms with Crippen molar-refractivity contribution in [1.82, 2.24) is 25.2 Å². The quantitative estimate of drug-likeness (QED) is 0.347. The first-order chi connectivity index (χ1) is 18.1. The fourth-order valence-corrected chi connectivity index (χ4v) is 4.29. The summed E-state index contributed by atoms with van der Waals surface area (Å²) in [5, 5.41) is 11.5. The van der Waals surface area contributed by atoms with Crippen molar-refractivity contribution in [3.8, 4) is 5.75 Å². The van der Waals surface area contributed by atoms with Gasteiger partial charge in [0.25, 0.3) is 0 Å². The van der Waals surface area contributed by atoms with Crippen LogP contribution in [-0.4, -0.2) is 43.9 Å². The summed E-state index contributed by atoms with van der Waals surface area (Å²) >= 11 is 0. The van der Waals surface area contributed by atoms with E-state index in [1.54, 1.807) is 9.58 Å². The molecule has 1 N–H and O–H groups in total. The van der Waals surface area contributed by atoms with Gasteiger partial charge < -0.3 is 15.0 Å². The number of amides is 2. The highest BCUT2D eigenvalue weighted by atomic mass is 16.5. The summed E-state index contributed by atoms with van der Waals surface area (Å²) in [6.07, 6.45) is 0. The maximum Gasteiger partial charge on any atom is 0.247 e. The van der Waals surface area contributed by atoms with Gasteiger partial charge in [-0.05, 0) is 70.0 Å². The molecule has 0 aliphatic rings. The molecule has 1 heterocycles. The van der Waals surface area contributed by atoms with Crippen LogP contribution in [-0.2, 0) is 22.7 Å². The second kappa shape index (κ2) is 11.5. The molecule has 1 atom stereocenters. The molecular formula is C30H35N5O3. The van der Waals surface area contributed by atoms with Crippen molar-refractivity contribution in [1.29, 1.82) is 0 Å². The van der Waals surface area contributed by atoms with E-state index in [1.165, 1.54) is 0 Å². The Balaban J connectivity index is 1.76. The largest absolute Gasteiger partial charge is 0.494 e. The van der Waals surface area contributed by atoms with E-state index in [4.69, 9.17) is 4.74 Å². The number of aromatic nitrogens is 3. The second-order valence-electron chi connectivity index (χ2n) is 10.4. The van der Waals surface area contributed by atoms with Crippen LogP contribution in [0.1, 0.15) is 50.4 Å². The molecule has 0 aliphatic carbocycles. The number of para-hydroxylation sites is 1. The fraction of sp³-hybridized carbons (Fsp3) is 0.333. The molecule has 0 spiro atoms. The average molecular weight is 514 g/mol. The van der Waals surface area contributed by atoms with Gasteiger partial charge in [-0.3, -0.25) is 9.59 Å². The minimum absolute atomic E-state index is 0.0529. The van der Waals surface area contributed by atoms with Gasteiger partial charge in [0, 0.05) is 12.1 Å². The number of carbonyl (C=O) groups is 2. The number of carbonyl (C=O) groups excluding carboxylic acids is 2. The average Bonchev–Trinajstić information content (AvgIpc) is 3.27. The van der Waals surface area contributed by atoms with Crippen molar-refractivity contribution in [2.24, 2.45) is 0 Å². The first-order valence-corrected chi connectivity index (χ1v) is 12.8. The van der Waals surface area contributed by atoms with Crippen molar-refractivity contribution in [3.05, 3.63) is 89.5 Å². The molecule has 4 rings (SSSR count). The molecule has 8 heteroatoms. The Hall–Kier alpha value is -4.20. The molecule has 0 radical (unpaired) electrons. The maximum atomic E-state index is 14.0. The van der Waals surface area contributed by atoms with Gasteiger partial charge in [0.1, 0.15) is 23.9 Å². The third-order valence-electron chi connectivity index (χ3n) is 6.06. The van der Waals surface area contributed by atoms with Crippen molar-refractivity contribution >= 4 is 22.8 Å². The van der Waals surface area contributed by atoms with Gasteiger partial charge in [-0.25, -0.2) is 4.68 Å². The van der Waals surface area contributed by atoms with E-state index in [0.717, 1.165) is 16.6 Å². The maximum absolute atomic E-state index is 14.0. The molecule has 2 amide bonds. The summed E-state index contributed by atoms with van der Waals surface area (Å²) in [5.74, 6) is 0.200. The topological polar surface area (TPSA) is 89.4 Å². The molecule has 198 valence electrons. The number of nitrogens with zero attached hydrogens (tertiary/aromatic N) is 4. The lowest BCUT2D eigenvalue weighted by Gasteiger charge is -2.34. The molecular weight excluding hydrogens is 478 g/mol. The number of rotatable bonds is 9. The number of hydrogen-bond acceptors (Lipinski definition) is 5. The summed E-state index contributed by atoms with van der Waals surface area (Å²) in [6, 6.07) is 22.0. The Labute approximate surface area is 223 Å². The van der Waals surface area contributed by atoms with Crippen LogP contribution in [0.25, 0.3) is 11.0 Å². The number of hydrogen-bond donors (Lipinski definition) is 1. The zero-order valence-electron chi connectivity index (χ0n) is 22.6. The smallest absolute Gasteiger partial charge is 0.247 e. The predicted molar refractivity (Wildman–Crippen MR) is 148 cm³/mol. The number of ether oxygens (including phenoxy) is 1. The van der Waals surface area contributed by atoms with Crippen LogP contribution in [0.2, 0.25) is 0 Å². The lowest BCUT2D eigenvalue weighted by Crippen LogP contribution is -2.49. The fourth-order valence-electron chi connectivity index (χ4n) is 4.29. The van der Waals surface area contributed by atoms with Gasteiger partial charge in [0.05, 0.1) is 12.1 Å². The van der Waals surface area contributed by atoms with Gasteiger partial charge >= 0.3 is 0 Å². The first kappa shape index (κ1) is 26.9. The molecule has 1 aromatic heterocycles. The Kier molecular flexibility index (Phi) is 8.10. The molecule has 1 unspecified atom stereocenters. The normalized spacial score (nSPS) is 12.2. The van der Waals surface area contributed by atoms with Crippen LogP contribution in [0.4, 0.5) is 0 Å². The summed E-state index contributed by atoms with van der Waals surface area (Å²) in [5.41, 5.74) is 3.72. The van der Waals surface area contributed by atoms with E-state index >= 15 is 0 Å². The van der Waals surface area contributed by atoms with Crippen molar-refractivity contribution in [2.45, 2.75) is 59.3 Å². The molecule has 4 aromatic rings. The van der Waals surface area contributed by atoms with E-state index in [-0.39, 0.29) is 24.9 Å². The van der Waals surface area contributed by atoms with Crippen molar-refractivity contribution in [3.63, 3.8) is 0 Å². The van der Waals surface area contributed by atoms with Crippen LogP contribution < -0.4 is 10.1 Å². The van der Waals surface area contributed by atoms with Gasteiger partial charge in [-0.2, -0.15) is 0 Å². The third-order valence-corrected chi connectivity index (χ3v) is 6.06. The molecule has 0 fully saturated rings. The number of nitrogens with one attached hydrogen (secondary N) is 1. The second-order valence-corrected chi connectivity index (χ2v) is 10.4. The lowest BCUT2D eigenvalue weighted by atomic mass is 10.0. The highest BCUT2D eigenvalue weighted by Gasteiger charge is 2.34. The van der Waals surface area contributed by atoms with Crippen LogP contribution in [0.5, 0.6) is 5.75 Å². The van der Waals surface area contributed by atoms with Crippen LogP contribution in [0.15, 0.2) is 72.8 Å². The monoisotopic (exact) mass is 513 g/mol. The zero-order chi connectivity index (χ0) is 27.3. The SMILES string of the molecule is CCOc1ccc(C(C(=O)NC(C)(C)C)N(Cc2ccc(C)cc2)C(=O)Cn2nnc3ccccc32)cc1. The molecule has 0 aliphatic heterocycles. The zero-order valence-corrected chi connectivity index (χ0v) is 22.6. The Morgan fingerprint density at radius 2 is 1.68 bits per heavy atom. The van der Waals surface area contributed by atoms with E-state index in [2.05, 4.69) is 15.6 Å². The molecule has 38 heavy (non-hydrogen) atoms. The van der Waals surface area contributed by atoms with E-state index in [9.17, 15) is 9.59 Å². The number of benzene rings is 3. The number of aryl methyl sites for hydroxylation is 1. The van der Waals surface area contributed by atoms with Gasteiger partial charge in [0.15, 0.2) is 0 Å². The molecule has 8 nitrogen and oxygen atoms in total. The van der Waals surface area contributed by atoms with E-state index in [0.29, 0.717) is 23.4 Å². The highest BCUT2D eigenvalue weighted by Crippen LogP contribution is 2.27. The summed E-state index contributed by atoms with van der Waals surface area (Å²) in [7, 11) is 0. The first-order valence-electron chi connectivity index (χ1n) is 12.8. The van der Waals surface area contributed by atoms with Gasteiger partial charge in [-0.15, -0.1) is 5.10 Å². The summed E-state index contributed by atoms with van der Waals surface area (Å²) in [4.78, 5) is 29.4. The standard InChI is InChI=1S/C30H35N5O3/c1-6-38-24-17-15-23(16-18-24)28(29(37)31-30(3,4)5)34(19-22-13-11-21(2)12-14-22)27(36)20-35-26-10-8-7-9-25(26)32-33-35/h7-18,28H,6,19-20H2,1-5H3,(H,31,37). The Morgan fingerprint density at radius 1 is 1.00 bits per heavy atom. The van der Waals surface area contributed by atoms with Gasteiger partial charge in [-0.1, -0.05) is 59.3 Å². The lowest BCUT2D eigenvalue weighted by molar-refractivity contribution is -0.142. The molecule has 0 saturated carbocycles. The van der Waals surface area contributed by atoms with Crippen LogP contribution in [0.3, 0.4) is 0 Å². The van der Waals surface area contributed by atoms with Crippen molar-refractivity contribution < 1.29 is 14.3 Å². The Morgan fingerprint density at radius 3 is 2.34 bits per heavy atom. The molecule has 0 bridgehead atoms. The van der Waals surface area contributed by atoms with Gasteiger partial charge in [0.2, 0.25) is 11.8 Å². The van der Waals surface area contributed by atoms with E-state index in [1.807, 2.05) is 107 Å².